The molecule has 1 unspecified atom stereocenters. The minimum atomic E-state index is 0.162. The molecule has 0 spiro atoms. The number of hydrogen-bond acceptors (Lipinski definition) is 3. The van der Waals surface area contributed by atoms with Gasteiger partial charge < -0.3 is 14.3 Å². The molecule has 52 valence electrons. The van der Waals surface area contributed by atoms with Gasteiger partial charge in [-0.05, 0) is 6.42 Å². The second-order valence-corrected chi connectivity index (χ2v) is 2.02. The van der Waals surface area contributed by atoms with Gasteiger partial charge in [0.1, 0.15) is 13.1 Å². The van der Waals surface area contributed by atoms with Crippen LogP contribution >= 0.6 is 0 Å². The number of carbonyl (C=O) groups is 1. The van der Waals surface area contributed by atoms with E-state index in [2.05, 4.69) is 0 Å². The Morgan fingerprint density at radius 1 is 1.67 bits per heavy atom. The van der Waals surface area contributed by atoms with Gasteiger partial charge in [0.15, 0.2) is 0 Å². The lowest BCUT2D eigenvalue weighted by molar-refractivity contribution is -0.108. The molecular formula is C6H10O3. The van der Waals surface area contributed by atoms with Crippen molar-refractivity contribution in [2.75, 3.05) is 13.4 Å². The van der Waals surface area contributed by atoms with Crippen molar-refractivity contribution < 1.29 is 14.3 Å². The van der Waals surface area contributed by atoms with Crippen LogP contribution in [0.25, 0.3) is 0 Å². The first-order valence-electron chi connectivity index (χ1n) is 3.06. The van der Waals surface area contributed by atoms with Gasteiger partial charge in [-0.3, -0.25) is 0 Å². The normalized spacial score (nSPS) is 26.4. The van der Waals surface area contributed by atoms with E-state index in [0.29, 0.717) is 19.8 Å². The van der Waals surface area contributed by atoms with Crippen LogP contribution in [0.15, 0.2) is 0 Å². The summed E-state index contributed by atoms with van der Waals surface area (Å²) in [6.45, 7) is 1.04. The predicted octanol–water partition coefficient (Wildman–Crippen LogP) is 0.338. The fraction of sp³-hybridized carbons (Fsp3) is 0.833. The van der Waals surface area contributed by atoms with E-state index in [-0.39, 0.29) is 6.10 Å². The monoisotopic (exact) mass is 130 g/mol. The molecule has 0 radical (unpaired) electrons. The highest BCUT2D eigenvalue weighted by atomic mass is 16.7. The standard InChI is InChI=1S/C6H10O3/c7-3-1-2-6-4-8-5-9-6/h3,6H,1-2,4-5H2. The number of rotatable bonds is 3. The second-order valence-electron chi connectivity index (χ2n) is 2.02. The molecule has 9 heavy (non-hydrogen) atoms. The first-order valence-corrected chi connectivity index (χ1v) is 3.06. The zero-order valence-electron chi connectivity index (χ0n) is 5.21. The van der Waals surface area contributed by atoms with E-state index >= 15 is 0 Å². The van der Waals surface area contributed by atoms with E-state index in [0.717, 1.165) is 12.7 Å². The lowest BCUT2D eigenvalue weighted by Crippen LogP contribution is -2.08. The first-order chi connectivity index (χ1) is 4.43. The Hall–Kier alpha value is -0.410. The van der Waals surface area contributed by atoms with E-state index in [1.54, 1.807) is 0 Å². The van der Waals surface area contributed by atoms with Crippen molar-refractivity contribution in [3.63, 3.8) is 0 Å². The van der Waals surface area contributed by atoms with Gasteiger partial charge in [-0.15, -0.1) is 0 Å². The first kappa shape index (κ1) is 6.71. The van der Waals surface area contributed by atoms with Gasteiger partial charge in [0.05, 0.1) is 12.7 Å². The molecular weight excluding hydrogens is 120 g/mol. The lowest BCUT2D eigenvalue weighted by atomic mass is 10.2. The average molecular weight is 130 g/mol. The molecule has 0 amide bonds. The van der Waals surface area contributed by atoms with Gasteiger partial charge in [-0.1, -0.05) is 0 Å². The molecule has 1 rings (SSSR count). The molecule has 0 aromatic rings. The van der Waals surface area contributed by atoms with Gasteiger partial charge in [0.25, 0.3) is 0 Å². The van der Waals surface area contributed by atoms with Crippen molar-refractivity contribution in [3.8, 4) is 0 Å². The van der Waals surface area contributed by atoms with E-state index in [4.69, 9.17) is 9.47 Å². The van der Waals surface area contributed by atoms with Crippen LogP contribution in [0.1, 0.15) is 12.8 Å². The maximum absolute atomic E-state index is 9.87. The van der Waals surface area contributed by atoms with Crippen LogP contribution in [0.5, 0.6) is 0 Å². The Kier molecular flexibility index (Phi) is 2.67. The molecule has 1 saturated heterocycles. The molecule has 0 aromatic heterocycles. The highest BCUT2D eigenvalue weighted by molar-refractivity contribution is 5.49. The maximum atomic E-state index is 9.87. The SMILES string of the molecule is O=CCCC1COCO1. The van der Waals surface area contributed by atoms with E-state index in [1.165, 1.54) is 0 Å². The minimum Gasteiger partial charge on any atom is -0.353 e. The van der Waals surface area contributed by atoms with Crippen LogP contribution in [0, 0.1) is 0 Å². The molecule has 1 aliphatic rings. The van der Waals surface area contributed by atoms with Crippen molar-refractivity contribution in [2.45, 2.75) is 18.9 Å². The van der Waals surface area contributed by atoms with Gasteiger partial charge in [-0.2, -0.15) is 0 Å². The fourth-order valence-electron chi connectivity index (χ4n) is 0.793. The second kappa shape index (κ2) is 3.58. The van der Waals surface area contributed by atoms with Crippen molar-refractivity contribution in [1.82, 2.24) is 0 Å². The van der Waals surface area contributed by atoms with Crippen molar-refractivity contribution in [2.24, 2.45) is 0 Å². The molecule has 0 saturated carbocycles. The zero-order chi connectivity index (χ0) is 6.53. The summed E-state index contributed by atoms with van der Waals surface area (Å²) in [6.07, 6.45) is 2.44. The molecule has 1 aliphatic heterocycles. The topological polar surface area (TPSA) is 35.5 Å². The lowest BCUT2D eigenvalue weighted by Gasteiger charge is -2.01. The summed E-state index contributed by atoms with van der Waals surface area (Å²) in [7, 11) is 0. The third-order valence-corrected chi connectivity index (χ3v) is 1.30. The summed E-state index contributed by atoms with van der Waals surface area (Å²) in [5, 5.41) is 0. The van der Waals surface area contributed by atoms with E-state index < -0.39 is 0 Å². The zero-order valence-corrected chi connectivity index (χ0v) is 5.21. The summed E-state index contributed by atoms with van der Waals surface area (Å²) in [6, 6.07) is 0. The minimum absolute atomic E-state index is 0.162. The Morgan fingerprint density at radius 2 is 2.56 bits per heavy atom. The largest absolute Gasteiger partial charge is 0.353 e. The average Bonchev–Trinajstić information content (AvgIpc) is 2.34. The van der Waals surface area contributed by atoms with Crippen molar-refractivity contribution in [3.05, 3.63) is 0 Å². The van der Waals surface area contributed by atoms with Crippen LogP contribution in [-0.4, -0.2) is 25.8 Å². The van der Waals surface area contributed by atoms with Crippen LogP contribution in [-0.2, 0) is 14.3 Å². The molecule has 1 fully saturated rings. The molecule has 3 heteroatoms. The third-order valence-electron chi connectivity index (χ3n) is 1.30. The highest BCUT2D eigenvalue weighted by Gasteiger charge is 2.14. The summed E-state index contributed by atoms with van der Waals surface area (Å²) < 4.78 is 9.99. The molecule has 0 aromatic carbocycles. The summed E-state index contributed by atoms with van der Waals surface area (Å²) >= 11 is 0. The van der Waals surface area contributed by atoms with Gasteiger partial charge in [-0.25, -0.2) is 0 Å². The molecule has 1 heterocycles. The summed E-state index contributed by atoms with van der Waals surface area (Å²) in [5.74, 6) is 0. The van der Waals surface area contributed by atoms with Crippen LogP contribution in [0.2, 0.25) is 0 Å². The summed E-state index contributed by atoms with van der Waals surface area (Å²) in [5.41, 5.74) is 0. The molecule has 0 N–H and O–H groups in total. The molecule has 0 aliphatic carbocycles. The van der Waals surface area contributed by atoms with Gasteiger partial charge in [0.2, 0.25) is 0 Å². The summed E-state index contributed by atoms with van der Waals surface area (Å²) in [4.78, 5) is 9.87. The molecule has 1 atom stereocenters. The Bertz CT molecular complexity index is 86.3. The smallest absolute Gasteiger partial charge is 0.147 e. The third kappa shape index (κ3) is 2.11. The van der Waals surface area contributed by atoms with Crippen LogP contribution in [0.3, 0.4) is 0 Å². The van der Waals surface area contributed by atoms with Gasteiger partial charge in [0, 0.05) is 6.42 Å². The number of hydrogen-bond donors (Lipinski definition) is 0. The van der Waals surface area contributed by atoms with Gasteiger partial charge >= 0.3 is 0 Å². The predicted molar refractivity (Wildman–Crippen MR) is 31.0 cm³/mol. The molecule has 0 bridgehead atoms. The van der Waals surface area contributed by atoms with E-state index in [9.17, 15) is 4.79 Å². The van der Waals surface area contributed by atoms with Crippen molar-refractivity contribution >= 4 is 6.29 Å². The fourth-order valence-corrected chi connectivity index (χ4v) is 0.793. The Balaban J connectivity index is 2.04. The Labute approximate surface area is 53.9 Å². The molecule has 3 nitrogen and oxygen atoms in total. The quantitative estimate of drug-likeness (QED) is 0.517. The highest BCUT2D eigenvalue weighted by Crippen LogP contribution is 2.07. The van der Waals surface area contributed by atoms with Crippen LogP contribution in [0.4, 0.5) is 0 Å². The number of ether oxygens (including phenoxy) is 2. The Morgan fingerprint density at radius 3 is 3.11 bits per heavy atom. The number of aldehydes is 1. The van der Waals surface area contributed by atoms with E-state index in [1.807, 2.05) is 0 Å². The number of carbonyl (C=O) groups excluding carboxylic acids is 1. The maximum Gasteiger partial charge on any atom is 0.147 e. The van der Waals surface area contributed by atoms with Crippen molar-refractivity contribution in [1.29, 1.82) is 0 Å². The van der Waals surface area contributed by atoms with Crippen LogP contribution < -0.4 is 0 Å².